The predicted molar refractivity (Wildman–Crippen MR) is 79.5 cm³/mol. The number of hydrogen-bond acceptors (Lipinski definition) is 3. The van der Waals surface area contributed by atoms with E-state index in [9.17, 15) is 4.79 Å². The summed E-state index contributed by atoms with van der Waals surface area (Å²) < 4.78 is 0. The summed E-state index contributed by atoms with van der Waals surface area (Å²) in [5.41, 5.74) is 1.34. The highest BCUT2D eigenvalue weighted by molar-refractivity contribution is 5.66. The number of carboxylic acid groups (broad SMARTS) is 1. The molecule has 1 aromatic carbocycles. The molecule has 2 N–H and O–H groups in total. The fraction of sp³-hybridized carbons (Fsp3) is 0.562. The van der Waals surface area contributed by atoms with E-state index in [4.69, 9.17) is 5.11 Å². The molecule has 1 aliphatic rings. The van der Waals surface area contributed by atoms with Crippen molar-refractivity contribution in [2.24, 2.45) is 5.92 Å². The van der Waals surface area contributed by atoms with Crippen molar-refractivity contribution >= 4 is 5.97 Å². The van der Waals surface area contributed by atoms with E-state index in [1.54, 1.807) is 0 Å². The summed E-state index contributed by atoms with van der Waals surface area (Å²) in [5.74, 6) is -0.127. The number of hydrogen-bond donors (Lipinski definition) is 2. The summed E-state index contributed by atoms with van der Waals surface area (Å²) in [6.07, 6.45) is 1.36. The van der Waals surface area contributed by atoms with Gasteiger partial charge in [-0.25, -0.2) is 0 Å². The van der Waals surface area contributed by atoms with Crippen LogP contribution < -0.4 is 5.32 Å². The highest BCUT2D eigenvalue weighted by atomic mass is 16.4. The first kappa shape index (κ1) is 15.0. The molecule has 1 aromatic rings. The topological polar surface area (TPSA) is 52.6 Å². The zero-order valence-electron chi connectivity index (χ0n) is 12.1. The van der Waals surface area contributed by atoms with E-state index >= 15 is 0 Å². The van der Waals surface area contributed by atoms with E-state index in [1.807, 2.05) is 6.07 Å². The molecule has 0 aromatic heterocycles. The number of carboxylic acids is 1. The van der Waals surface area contributed by atoms with Crippen LogP contribution in [0.5, 0.6) is 0 Å². The molecular formula is C16H24N2O2. The lowest BCUT2D eigenvalue weighted by Crippen LogP contribution is -2.50. The van der Waals surface area contributed by atoms with Gasteiger partial charge in [0, 0.05) is 25.7 Å². The molecule has 0 saturated carbocycles. The Hall–Kier alpha value is -1.39. The van der Waals surface area contributed by atoms with E-state index in [2.05, 4.69) is 41.4 Å². The highest BCUT2D eigenvalue weighted by Gasteiger charge is 2.25. The van der Waals surface area contributed by atoms with Crippen molar-refractivity contribution in [2.45, 2.75) is 32.4 Å². The summed E-state index contributed by atoms with van der Waals surface area (Å²) in [6.45, 7) is 5.90. The third kappa shape index (κ3) is 4.62. The summed E-state index contributed by atoms with van der Waals surface area (Å²) >= 11 is 0. The Labute approximate surface area is 120 Å². The van der Waals surface area contributed by atoms with Crippen molar-refractivity contribution in [3.05, 3.63) is 35.9 Å². The molecule has 20 heavy (non-hydrogen) atoms. The lowest BCUT2D eigenvalue weighted by molar-refractivity contribution is -0.136. The zero-order valence-corrected chi connectivity index (χ0v) is 12.1. The normalized spacial score (nSPS) is 23.6. The largest absolute Gasteiger partial charge is 0.481 e. The van der Waals surface area contributed by atoms with Gasteiger partial charge in [0.2, 0.25) is 0 Å². The maximum absolute atomic E-state index is 10.6. The Morgan fingerprint density at radius 2 is 2.15 bits per heavy atom. The second-order valence-electron chi connectivity index (χ2n) is 5.69. The molecule has 1 fully saturated rings. The number of likely N-dealkylation sites (tertiary alicyclic amines) is 1. The Balaban J connectivity index is 1.82. The van der Waals surface area contributed by atoms with E-state index in [0.717, 1.165) is 26.1 Å². The fourth-order valence-electron chi connectivity index (χ4n) is 2.75. The number of benzene rings is 1. The van der Waals surface area contributed by atoms with Gasteiger partial charge in [-0.05, 0) is 24.4 Å². The number of carbonyl (C=O) groups is 1. The van der Waals surface area contributed by atoms with Crippen LogP contribution in [0.4, 0.5) is 0 Å². The number of piperidine rings is 1. The monoisotopic (exact) mass is 276 g/mol. The van der Waals surface area contributed by atoms with Gasteiger partial charge in [0.15, 0.2) is 0 Å². The first-order valence-electron chi connectivity index (χ1n) is 7.36. The molecule has 2 atom stereocenters. The standard InChI is InChI=1S/C16H24N2O2/c1-13-8-10-18(11-14-5-3-2-4-6-14)12-15(13)17-9-7-16(19)20/h2-6,13,15,17H,7-12H2,1H3,(H,19,20)/t13-,15+/m1/s1. The van der Waals surface area contributed by atoms with Gasteiger partial charge < -0.3 is 10.4 Å². The van der Waals surface area contributed by atoms with Crippen LogP contribution >= 0.6 is 0 Å². The quantitative estimate of drug-likeness (QED) is 0.834. The van der Waals surface area contributed by atoms with Gasteiger partial charge in [-0.3, -0.25) is 9.69 Å². The van der Waals surface area contributed by atoms with Crippen molar-refractivity contribution in [3.8, 4) is 0 Å². The van der Waals surface area contributed by atoms with Gasteiger partial charge >= 0.3 is 5.97 Å². The van der Waals surface area contributed by atoms with Crippen LogP contribution in [0.3, 0.4) is 0 Å². The minimum Gasteiger partial charge on any atom is -0.481 e. The Morgan fingerprint density at radius 1 is 1.40 bits per heavy atom. The first-order valence-corrected chi connectivity index (χ1v) is 7.36. The molecule has 2 rings (SSSR count). The van der Waals surface area contributed by atoms with Crippen LogP contribution in [0.15, 0.2) is 30.3 Å². The van der Waals surface area contributed by atoms with E-state index in [0.29, 0.717) is 18.5 Å². The van der Waals surface area contributed by atoms with Gasteiger partial charge in [-0.1, -0.05) is 37.3 Å². The smallest absolute Gasteiger partial charge is 0.304 e. The average Bonchev–Trinajstić information content (AvgIpc) is 2.43. The first-order chi connectivity index (χ1) is 9.65. The third-order valence-corrected chi connectivity index (χ3v) is 4.04. The minimum atomic E-state index is -0.734. The lowest BCUT2D eigenvalue weighted by Gasteiger charge is -2.37. The van der Waals surface area contributed by atoms with Crippen LogP contribution in [0.2, 0.25) is 0 Å². The number of nitrogens with one attached hydrogen (secondary N) is 1. The SMILES string of the molecule is C[C@@H]1CCN(Cc2ccccc2)C[C@@H]1NCCC(=O)O. The van der Waals surface area contributed by atoms with Crippen molar-refractivity contribution < 1.29 is 9.90 Å². The molecule has 0 unspecified atom stereocenters. The molecule has 0 amide bonds. The van der Waals surface area contributed by atoms with Crippen LogP contribution in [0, 0.1) is 5.92 Å². The Bertz CT molecular complexity index is 422. The predicted octanol–water partition coefficient (Wildman–Crippen LogP) is 1.96. The molecule has 4 heteroatoms. The number of nitrogens with zero attached hydrogens (tertiary/aromatic N) is 1. The second-order valence-corrected chi connectivity index (χ2v) is 5.69. The Morgan fingerprint density at radius 3 is 2.85 bits per heavy atom. The third-order valence-electron chi connectivity index (χ3n) is 4.04. The van der Waals surface area contributed by atoms with Crippen LogP contribution in [0.1, 0.15) is 25.3 Å². The zero-order chi connectivity index (χ0) is 14.4. The minimum absolute atomic E-state index is 0.196. The van der Waals surface area contributed by atoms with Gasteiger partial charge in [0.25, 0.3) is 0 Å². The summed E-state index contributed by atoms with van der Waals surface area (Å²) in [7, 11) is 0. The van der Waals surface area contributed by atoms with Crippen LogP contribution in [0.25, 0.3) is 0 Å². The molecular weight excluding hydrogens is 252 g/mol. The van der Waals surface area contributed by atoms with Crippen molar-refractivity contribution in [1.29, 1.82) is 0 Å². The molecule has 1 aliphatic heterocycles. The van der Waals surface area contributed by atoms with E-state index in [1.165, 1.54) is 5.56 Å². The van der Waals surface area contributed by atoms with E-state index < -0.39 is 5.97 Å². The van der Waals surface area contributed by atoms with Gasteiger partial charge in [-0.15, -0.1) is 0 Å². The molecule has 0 bridgehead atoms. The molecule has 110 valence electrons. The summed E-state index contributed by atoms with van der Waals surface area (Å²) in [4.78, 5) is 13.0. The lowest BCUT2D eigenvalue weighted by atomic mass is 9.93. The van der Waals surface area contributed by atoms with Crippen molar-refractivity contribution in [2.75, 3.05) is 19.6 Å². The molecule has 0 spiro atoms. The Kier molecular flexibility index (Phi) is 5.56. The van der Waals surface area contributed by atoms with Gasteiger partial charge in [-0.2, -0.15) is 0 Å². The van der Waals surface area contributed by atoms with E-state index in [-0.39, 0.29) is 6.42 Å². The highest BCUT2D eigenvalue weighted by Crippen LogP contribution is 2.19. The number of aliphatic carboxylic acids is 1. The second kappa shape index (κ2) is 7.41. The molecule has 4 nitrogen and oxygen atoms in total. The molecule has 0 radical (unpaired) electrons. The molecule has 0 aliphatic carbocycles. The van der Waals surface area contributed by atoms with Crippen LogP contribution in [-0.2, 0) is 11.3 Å². The van der Waals surface area contributed by atoms with Gasteiger partial charge in [0.05, 0.1) is 6.42 Å². The van der Waals surface area contributed by atoms with Crippen LogP contribution in [-0.4, -0.2) is 41.7 Å². The maximum atomic E-state index is 10.6. The number of rotatable bonds is 6. The van der Waals surface area contributed by atoms with Crippen molar-refractivity contribution in [3.63, 3.8) is 0 Å². The summed E-state index contributed by atoms with van der Waals surface area (Å²) in [5, 5.41) is 12.1. The maximum Gasteiger partial charge on any atom is 0.304 e. The molecule has 1 heterocycles. The average molecular weight is 276 g/mol. The fourth-order valence-corrected chi connectivity index (χ4v) is 2.75. The van der Waals surface area contributed by atoms with Gasteiger partial charge in [0.1, 0.15) is 0 Å². The molecule has 1 saturated heterocycles. The summed E-state index contributed by atoms with van der Waals surface area (Å²) in [6, 6.07) is 10.9. The van der Waals surface area contributed by atoms with Crippen molar-refractivity contribution in [1.82, 2.24) is 10.2 Å².